The van der Waals surface area contributed by atoms with Crippen molar-refractivity contribution in [2.75, 3.05) is 11.1 Å². The molecule has 2 atom stereocenters. The normalized spacial score (nSPS) is 17.6. The van der Waals surface area contributed by atoms with E-state index in [-0.39, 0.29) is 17.7 Å². The number of hydrogen-bond acceptors (Lipinski definition) is 6. The maximum Gasteiger partial charge on any atom is 0.229 e. The molecule has 0 saturated heterocycles. The molecule has 1 aliphatic rings. The molecule has 8 nitrogen and oxygen atoms in total. The second kappa shape index (κ2) is 7.31. The number of halogens is 1. The summed E-state index contributed by atoms with van der Waals surface area (Å²) in [5.74, 6) is 0.783. The lowest BCUT2D eigenvalue weighted by atomic mass is 10.1. The van der Waals surface area contributed by atoms with Gasteiger partial charge in [-0.05, 0) is 42.5 Å². The van der Waals surface area contributed by atoms with E-state index in [0.717, 1.165) is 23.1 Å². The minimum absolute atomic E-state index is 0.0674. The number of amides is 1. The van der Waals surface area contributed by atoms with Crippen LogP contribution in [0.3, 0.4) is 0 Å². The Kier molecular flexibility index (Phi) is 4.59. The fourth-order valence-corrected chi connectivity index (χ4v) is 4.16. The minimum atomic E-state index is -0.0896. The fraction of sp³-hybridized carbons (Fsp3) is 0.227. The van der Waals surface area contributed by atoms with Crippen LogP contribution < -0.4 is 11.1 Å². The zero-order valence-corrected chi connectivity index (χ0v) is 17.8. The molecule has 1 fully saturated rings. The Morgan fingerprint density at radius 1 is 1.29 bits per heavy atom. The maximum absolute atomic E-state index is 12.7. The van der Waals surface area contributed by atoms with Gasteiger partial charge >= 0.3 is 0 Å². The Morgan fingerprint density at radius 2 is 2.13 bits per heavy atom. The number of aryl methyl sites for hydroxylation is 2. The zero-order valence-electron chi connectivity index (χ0n) is 17.0. The smallest absolute Gasteiger partial charge is 0.229 e. The summed E-state index contributed by atoms with van der Waals surface area (Å²) in [6, 6.07) is 3.63. The highest BCUT2D eigenvalue weighted by atomic mass is 35.5. The van der Waals surface area contributed by atoms with Crippen molar-refractivity contribution in [2.45, 2.75) is 19.3 Å². The van der Waals surface area contributed by atoms with Crippen molar-refractivity contribution in [3.05, 3.63) is 59.3 Å². The molecule has 1 amide bonds. The lowest BCUT2D eigenvalue weighted by Crippen LogP contribution is -2.15. The Hall–Kier alpha value is -3.52. The van der Waals surface area contributed by atoms with Gasteiger partial charge in [0, 0.05) is 54.1 Å². The Morgan fingerprint density at radius 3 is 2.87 bits per heavy atom. The van der Waals surface area contributed by atoms with Gasteiger partial charge in [-0.2, -0.15) is 5.10 Å². The van der Waals surface area contributed by atoms with Gasteiger partial charge in [0.15, 0.2) is 0 Å². The summed E-state index contributed by atoms with van der Waals surface area (Å²) in [5.41, 5.74) is 9.61. The molecule has 0 aromatic carbocycles. The van der Waals surface area contributed by atoms with Gasteiger partial charge in [-0.25, -0.2) is 9.97 Å². The molecule has 5 rings (SSSR count). The number of anilines is 2. The standard InChI is InChI=1S/C22H20ClN7O/c1-11-3-4-25-8-16(11)20-19(23)14-6-18(26-9-17(14)21(24)29-20)28-22(31)15-5-13(15)12-7-27-30(2)10-12/h3-4,6-10,13,15H,5H2,1-2H3,(H2,24,29)(H,26,28,31). The van der Waals surface area contributed by atoms with Crippen molar-refractivity contribution in [3.63, 3.8) is 0 Å². The summed E-state index contributed by atoms with van der Waals surface area (Å²) in [5, 5.41) is 8.85. The van der Waals surface area contributed by atoms with E-state index < -0.39 is 0 Å². The number of aromatic nitrogens is 5. The first-order valence-electron chi connectivity index (χ1n) is 9.87. The number of carbonyl (C=O) groups is 1. The third kappa shape index (κ3) is 3.48. The number of nitrogens with one attached hydrogen (secondary N) is 1. The van der Waals surface area contributed by atoms with Crippen molar-refractivity contribution < 1.29 is 4.79 Å². The van der Waals surface area contributed by atoms with Gasteiger partial charge in [-0.3, -0.25) is 14.5 Å². The Balaban J connectivity index is 1.45. The number of carbonyl (C=O) groups excluding carboxylic acids is 1. The molecule has 156 valence electrons. The van der Waals surface area contributed by atoms with Crippen LogP contribution in [0.4, 0.5) is 11.6 Å². The van der Waals surface area contributed by atoms with Gasteiger partial charge in [-0.1, -0.05) is 11.6 Å². The van der Waals surface area contributed by atoms with E-state index in [9.17, 15) is 4.79 Å². The van der Waals surface area contributed by atoms with E-state index >= 15 is 0 Å². The van der Waals surface area contributed by atoms with E-state index in [1.807, 2.05) is 32.4 Å². The van der Waals surface area contributed by atoms with Gasteiger partial charge in [-0.15, -0.1) is 0 Å². The SMILES string of the molecule is Cc1ccncc1-c1nc(N)c2cnc(NC(=O)C3CC3c3cnn(C)c3)cc2c1Cl. The van der Waals surface area contributed by atoms with E-state index in [2.05, 4.69) is 25.4 Å². The lowest BCUT2D eigenvalue weighted by Gasteiger charge is -2.12. The number of pyridine rings is 3. The predicted octanol–water partition coefficient (Wildman–Crippen LogP) is 3.71. The molecule has 4 aromatic rings. The number of nitrogens with zero attached hydrogens (tertiary/aromatic N) is 5. The molecular formula is C22H20ClN7O. The Bertz CT molecular complexity index is 1330. The number of nitrogen functional groups attached to an aromatic ring is 1. The molecule has 0 bridgehead atoms. The van der Waals surface area contributed by atoms with Crippen LogP contribution in [0.25, 0.3) is 22.0 Å². The van der Waals surface area contributed by atoms with Gasteiger partial charge in [0.1, 0.15) is 11.6 Å². The van der Waals surface area contributed by atoms with Gasteiger partial charge in [0.2, 0.25) is 5.91 Å². The summed E-state index contributed by atoms with van der Waals surface area (Å²) in [4.78, 5) is 25.7. The highest BCUT2D eigenvalue weighted by Gasteiger charge is 2.44. The quantitative estimate of drug-likeness (QED) is 0.507. The van der Waals surface area contributed by atoms with Crippen LogP contribution in [0.5, 0.6) is 0 Å². The minimum Gasteiger partial charge on any atom is -0.383 e. The van der Waals surface area contributed by atoms with E-state index in [1.54, 1.807) is 29.3 Å². The third-order valence-electron chi connectivity index (χ3n) is 5.68. The Labute approximate surface area is 183 Å². The topological polar surface area (TPSA) is 112 Å². The van der Waals surface area contributed by atoms with Crippen LogP contribution in [-0.2, 0) is 11.8 Å². The summed E-state index contributed by atoms with van der Waals surface area (Å²) in [6.45, 7) is 1.96. The molecule has 2 unspecified atom stereocenters. The molecule has 0 radical (unpaired) electrons. The number of nitrogens with two attached hydrogens (primary N) is 1. The van der Waals surface area contributed by atoms with Crippen molar-refractivity contribution in [1.82, 2.24) is 24.7 Å². The molecular weight excluding hydrogens is 414 g/mol. The van der Waals surface area contributed by atoms with Crippen molar-refractivity contribution >= 4 is 39.9 Å². The molecule has 31 heavy (non-hydrogen) atoms. The van der Waals surface area contributed by atoms with Crippen LogP contribution in [0.2, 0.25) is 5.02 Å². The van der Waals surface area contributed by atoms with E-state index in [1.165, 1.54) is 0 Å². The zero-order chi connectivity index (χ0) is 21.7. The van der Waals surface area contributed by atoms with Crippen LogP contribution in [0.1, 0.15) is 23.5 Å². The predicted molar refractivity (Wildman–Crippen MR) is 120 cm³/mol. The van der Waals surface area contributed by atoms with Crippen LogP contribution in [0, 0.1) is 12.8 Å². The van der Waals surface area contributed by atoms with E-state index in [4.69, 9.17) is 17.3 Å². The fourth-order valence-electron chi connectivity index (χ4n) is 3.86. The molecule has 9 heteroatoms. The lowest BCUT2D eigenvalue weighted by molar-refractivity contribution is -0.117. The van der Waals surface area contributed by atoms with Crippen molar-refractivity contribution in [2.24, 2.45) is 13.0 Å². The molecule has 0 spiro atoms. The maximum atomic E-state index is 12.7. The van der Waals surface area contributed by atoms with Crippen LogP contribution >= 0.6 is 11.6 Å². The molecule has 1 aliphatic carbocycles. The summed E-state index contributed by atoms with van der Waals surface area (Å²) in [6.07, 6.45) is 9.57. The number of hydrogen-bond donors (Lipinski definition) is 2. The largest absolute Gasteiger partial charge is 0.383 e. The highest BCUT2D eigenvalue weighted by Crippen LogP contribution is 2.48. The first kappa shape index (κ1) is 19.4. The average molecular weight is 434 g/mol. The second-order valence-corrected chi connectivity index (χ2v) is 8.23. The summed E-state index contributed by atoms with van der Waals surface area (Å²) < 4.78 is 1.75. The molecule has 1 saturated carbocycles. The summed E-state index contributed by atoms with van der Waals surface area (Å²) >= 11 is 6.71. The summed E-state index contributed by atoms with van der Waals surface area (Å²) in [7, 11) is 1.87. The van der Waals surface area contributed by atoms with Gasteiger partial charge in [0.25, 0.3) is 0 Å². The van der Waals surface area contributed by atoms with Gasteiger partial charge in [0.05, 0.1) is 16.9 Å². The van der Waals surface area contributed by atoms with Crippen molar-refractivity contribution in [3.8, 4) is 11.3 Å². The first-order chi connectivity index (χ1) is 14.9. The van der Waals surface area contributed by atoms with Crippen LogP contribution in [0.15, 0.2) is 43.1 Å². The van der Waals surface area contributed by atoms with Gasteiger partial charge < -0.3 is 11.1 Å². The third-order valence-corrected chi connectivity index (χ3v) is 6.06. The molecule has 4 aromatic heterocycles. The van der Waals surface area contributed by atoms with Crippen LogP contribution in [-0.4, -0.2) is 30.6 Å². The van der Waals surface area contributed by atoms with Crippen molar-refractivity contribution in [1.29, 1.82) is 0 Å². The number of rotatable bonds is 4. The monoisotopic (exact) mass is 433 g/mol. The second-order valence-electron chi connectivity index (χ2n) is 7.85. The molecule has 0 aliphatic heterocycles. The molecule has 4 heterocycles. The average Bonchev–Trinajstić information content (AvgIpc) is 3.45. The highest BCUT2D eigenvalue weighted by molar-refractivity contribution is 6.38. The van der Waals surface area contributed by atoms with E-state index in [0.29, 0.717) is 33.1 Å². The molecule has 3 N–H and O–H groups in total. The number of fused-ring (bicyclic) bond motifs is 1. The first-order valence-corrected chi connectivity index (χ1v) is 10.3.